The van der Waals surface area contributed by atoms with Crippen molar-refractivity contribution in [1.29, 1.82) is 0 Å². The highest BCUT2D eigenvalue weighted by Crippen LogP contribution is 2.37. The number of carbonyl (C=O) groups is 2. The number of halogens is 2. The van der Waals surface area contributed by atoms with E-state index in [9.17, 15) is 9.59 Å². The molecule has 2 N–H and O–H groups in total. The van der Waals surface area contributed by atoms with E-state index in [0.29, 0.717) is 52.8 Å². The third-order valence-corrected chi connectivity index (χ3v) is 5.92. The van der Waals surface area contributed by atoms with Crippen LogP contribution in [0.1, 0.15) is 31.4 Å². The largest absolute Gasteiger partial charge is 0.494 e. The Morgan fingerprint density at radius 1 is 0.892 bits per heavy atom. The van der Waals surface area contributed by atoms with Crippen molar-refractivity contribution in [3.05, 3.63) is 80.7 Å². The zero-order valence-corrected chi connectivity index (χ0v) is 23.6. The van der Waals surface area contributed by atoms with Crippen LogP contribution in [0.15, 0.2) is 74.7 Å². The summed E-state index contributed by atoms with van der Waals surface area (Å²) < 4.78 is 18.8. The van der Waals surface area contributed by atoms with Crippen LogP contribution in [0.3, 0.4) is 0 Å². The number of nitrogens with one attached hydrogen (secondary N) is 2. The van der Waals surface area contributed by atoms with Gasteiger partial charge < -0.3 is 19.5 Å². The second-order valence-electron chi connectivity index (χ2n) is 7.65. The van der Waals surface area contributed by atoms with Crippen LogP contribution in [-0.2, 0) is 16.2 Å². The minimum absolute atomic E-state index is 0.369. The van der Waals surface area contributed by atoms with Gasteiger partial charge in [0.25, 0.3) is 0 Å². The number of amides is 2. The molecule has 2 amide bonds. The van der Waals surface area contributed by atoms with Crippen LogP contribution in [0, 0.1) is 0 Å². The van der Waals surface area contributed by atoms with Crippen LogP contribution < -0.4 is 25.0 Å². The molecule has 0 heterocycles. The number of anilines is 1. The molecular weight excluding hydrogens is 606 g/mol. The standard InChI is InChI=1S/C27H27Br2N3O5/c1-3-35-22-11-9-21(10-12-22)31-25(33)15-26(34)32-30-16-19-13-23(29)27(24(14-19)36-4-2)37-17-18-5-7-20(28)8-6-18/h5-14,16H,3-4,15,17H2,1-2H3,(H,31,33)(H,32,34). The monoisotopic (exact) mass is 631 g/mol. The lowest BCUT2D eigenvalue weighted by molar-refractivity contribution is -0.126. The minimum atomic E-state index is -0.543. The van der Waals surface area contributed by atoms with Gasteiger partial charge in [0, 0.05) is 10.2 Å². The van der Waals surface area contributed by atoms with Gasteiger partial charge in [-0.1, -0.05) is 28.1 Å². The highest BCUT2D eigenvalue weighted by molar-refractivity contribution is 9.10. The molecule has 3 aromatic rings. The van der Waals surface area contributed by atoms with Gasteiger partial charge in [-0.2, -0.15) is 5.10 Å². The van der Waals surface area contributed by atoms with Gasteiger partial charge in [-0.3, -0.25) is 9.59 Å². The smallest absolute Gasteiger partial charge is 0.249 e. The summed E-state index contributed by atoms with van der Waals surface area (Å²) in [6.45, 7) is 5.15. The zero-order valence-electron chi connectivity index (χ0n) is 20.4. The summed E-state index contributed by atoms with van der Waals surface area (Å²) in [5.74, 6) is 0.813. The molecule has 0 bridgehead atoms. The number of rotatable bonds is 12. The Kier molecular flexibility index (Phi) is 11.0. The third kappa shape index (κ3) is 9.22. The molecule has 0 aliphatic rings. The molecule has 0 fully saturated rings. The fourth-order valence-electron chi connectivity index (χ4n) is 3.17. The number of ether oxygens (including phenoxy) is 3. The minimum Gasteiger partial charge on any atom is -0.494 e. The van der Waals surface area contributed by atoms with Crippen LogP contribution in [0.5, 0.6) is 17.2 Å². The molecule has 0 saturated heterocycles. The molecule has 0 spiro atoms. The highest BCUT2D eigenvalue weighted by atomic mass is 79.9. The Morgan fingerprint density at radius 3 is 2.27 bits per heavy atom. The second kappa shape index (κ2) is 14.4. The van der Waals surface area contributed by atoms with E-state index in [1.165, 1.54) is 6.21 Å². The van der Waals surface area contributed by atoms with E-state index in [0.717, 1.165) is 10.0 Å². The van der Waals surface area contributed by atoms with Gasteiger partial charge in [-0.05, 0) is 89.4 Å². The normalized spacial score (nSPS) is 10.7. The number of hydrogen-bond acceptors (Lipinski definition) is 6. The Balaban J connectivity index is 1.55. The summed E-state index contributed by atoms with van der Waals surface area (Å²) in [6.07, 6.45) is 1.09. The average molecular weight is 633 g/mol. The molecule has 0 saturated carbocycles. The SMILES string of the molecule is CCOc1ccc(NC(=O)CC(=O)NN=Cc2cc(Br)c(OCc3ccc(Br)cc3)c(OCC)c2)cc1. The van der Waals surface area contributed by atoms with Crippen LogP contribution in [0.25, 0.3) is 0 Å². The Hall–Kier alpha value is -3.37. The first kappa shape index (κ1) is 28.2. The van der Waals surface area contributed by atoms with Gasteiger partial charge in [0.15, 0.2) is 11.5 Å². The highest BCUT2D eigenvalue weighted by Gasteiger charge is 2.13. The molecule has 0 atom stereocenters. The Labute approximate surface area is 232 Å². The first-order valence-electron chi connectivity index (χ1n) is 11.6. The molecule has 0 unspecified atom stereocenters. The molecule has 0 aliphatic carbocycles. The first-order valence-corrected chi connectivity index (χ1v) is 13.1. The van der Waals surface area contributed by atoms with E-state index in [2.05, 4.69) is 47.7 Å². The van der Waals surface area contributed by atoms with Gasteiger partial charge in [0.1, 0.15) is 18.8 Å². The van der Waals surface area contributed by atoms with Crippen molar-refractivity contribution in [2.45, 2.75) is 26.9 Å². The van der Waals surface area contributed by atoms with E-state index in [-0.39, 0.29) is 6.42 Å². The fourth-order valence-corrected chi connectivity index (χ4v) is 4.01. The fraction of sp³-hybridized carbons (Fsp3) is 0.222. The van der Waals surface area contributed by atoms with Gasteiger partial charge in [-0.25, -0.2) is 5.43 Å². The van der Waals surface area contributed by atoms with Crippen molar-refractivity contribution in [1.82, 2.24) is 5.43 Å². The van der Waals surface area contributed by atoms with Crippen molar-refractivity contribution >= 4 is 55.6 Å². The summed E-state index contributed by atoms with van der Waals surface area (Å²) in [6, 6.07) is 18.3. The van der Waals surface area contributed by atoms with Crippen molar-refractivity contribution in [3.8, 4) is 17.2 Å². The number of hydrazone groups is 1. The van der Waals surface area contributed by atoms with Gasteiger partial charge in [0.2, 0.25) is 11.8 Å². The zero-order chi connectivity index (χ0) is 26.6. The molecule has 10 heteroatoms. The first-order chi connectivity index (χ1) is 17.9. The van der Waals surface area contributed by atoms with E-state index in [1.807, 2.05) is 38.1 Å². The topological polar surface area (TPSA) is 98.2 Å². The lowest BCUT2D eigenvalue weighted by Gasteiger charge is -2.14. The van der Waals surface area contributed by atoms with Crippen LogP contribution >= 0.6 is 31.9 Å². The van der Waals surface area contributed by atoms with Gasteiger partial charge in [-0.15, -0.1) is 0 Å². The molecule has 37 heavy (non-hydrogen) atoms. The summed E-state index contributed by atoms with van der Waals surface area (Å²) in [4.78, 5) is 24.3. The van der Waals surface area contributed by atoms with Crippen molar-refractivity contribution < 1.29 is 23.8 Å². The maximum Gasteiger partial charge on any atom is 0.249 e. The Bertz CT molecular complexity index is 1230. The third-order valence-electron chi connectivity index (χ3n) is 4.80. The number of carbonyl (C=O) groups excluding carboxylic acids is 2. The molecule has 0 aromatic heterocycles. The van der Waals surface area contributed by atoms with Crippen molar-refractivity contribution in [3.63, 3.8) is 0 Å². The van der Waals surface area contributed by atoms with E-state index in [4.69, 9.17) is 14.2 Å². The number of nitrogens with zero attached hydrogens (tertiary/aromatic N) is 1. The molecule has 8 nitrogen and oxygen atoms in total. The van der Waals surface area contributed by atoms with Crippen molar-refractivity contribution in [2.75, 3.05) is 18.5 Å². The summed E-state index contributed by atoms with van der Waals surface area (Å²) in [7, 11) is 0. The van der Waals surface area contributed by atoms with Crippen molar-refractivity contribution in [2.24, 2.45) is 5.10 Å². The molecular formula is C27H27Br2N3O5. The maximum absolute atomic E-state index is 12.2. The lowest BCUT2D eigenvalue weighted by atomic mass is 10.2. The molecule has 3 rings (SSSR count). The Morgan fingerprint density at radius 2 is 1.59 bits per heavy atom. The lowest BCUT2D eigenvalue weighted by Crippen LogP contribution is -2.24. The molecule has 194 valence electrons. The summed E-state index contributed by atoms with van der Waals surface area (Å²) >= 11 is 6.95. The summed E-state index contributed by atoms with van der Waals surface area (Å²) in [5.41, 5.74) is 4.62. The molecule has 0 aliphatic heterocycles. The van der Waals surface area contributed by atoms with E-state index < -0.39 is 11.8 Å². The van der Waals surface area contributed by atoms with E-state index >= 15 is 0 Å². The average Bonchev–Trinajstić information content (AvgIpc) is 2.86. The predicted octanol–water partition coefficient (Wildman–Crippen LogP) is 6.07. The quantitative estimate of drug-likeness (QED) is 0.144. The van der Waals surface area contributed by atoms with E-state index in [1.54, 1.807) is 36.4 Å². The van der Waals surface area contributed by atoms with Gasteiger partial charge >= 0.3 is 0 Å². The number of benzene rings is 3. The van der Waals surface area contributed by atoms with Crippen LogP contribution in [0.2, 0.25) is 0 Å². The second-order valence-corrected chi connectivity index (χ2v) is 9.42. The van der Waals surface area contributed by atoms with Crippen LogP contribution in [-0.4, -0.2) is 31.2 Å². The predicted molar refractivity (Wildman–Crippen MR) is 150 cm³/mol. The summed E-state index contributed by atoms with van der Waals surface area (Å²) in [5, 5.41) is 6.63. The van der Waals surface area contributed by atoms with Gasteiger partial charge in [0.05, 0.1) is 23.9 Å². The molecule has 3 aromatic carbocycles. The number of hydrogen-bond donors (Lipinski definition) is 2. The molecule has 0 radical (unpaired) electrons. The maximum atomic E-state index is 12.2. The van der Waals surface area contributed by atoms with Crippen LogP contribution in [0.4, 0.5) is 5.69 Å².